The van der Waals surface area contributed by atoms with Crippen molar-refractivity contribution in [3.05, 3.63) is 58.3 Å². The van der Waals surface area contributed by atoms with Gasteiger partial charge in [0.1, 0.15) is 6.10 Å². The molecule has 0 bridgehead atoms. The van der Waals surface area contributed by atoms with Gasteiger partial charge in [0.05, 0.1) is 25.7 Å². The van der Waals surface area contributed by atoms with Gasteiger partial charge < -0.3 is 14.7 Å². The van der Waals surface area contributed by atoms with Crippen LogP contribution in [0.4, 0.5) is 0 Å². The Bertz CT molecular complexity index is 600. The second-order valence-corrected chi connectivity index (χ2v) is 6.17. The monoisotopic (exact) mass is 317 g/mol. The minimum atomic E-state index is -0.754. The van der Waals surface area contributed by atoms with Crippen LogP contribution in [0.25, 0.3) is 0 Å². The Morgan fingerprint density at radius 2 is 2.18 bits per heavy atom. The molecule has 1 aliphatic heterocycles. The first-order valence-corrected chi connectivity index (χ1v) is 8.33. The van der Waals surface area contributed by atoms with Gasteiger partial charge in [-0.2, -0.15) is 11.3 Å². The first-order valence-electron chi connectivity index (χ1n) is 7.38. The molecular weight excluding hydrogens is 298 g/mol. The smallest absolute Gasteiger partial charge is 0.225 e. The minimum absolute atomic E-state index is 0.0279. The second kappa shape index (κ2) is 7.05. The van der Waals surface area contributed by atoms with Crippen molar-refractivity contribution in [3.8, 4) is 0 Å². The number of benzene rings is 1. The quantitative estimate of drug-likeness (QED) is 0.943. The van der Waals surface area contributed by atoms with E-state index in [0.29, 0.717) is 19.7 Å². The summed E-state index contributed by atoms with van der Waals surface area (Å²) in [6, 6.07) is 11.3. The van der Waals surface area contributed by atoms with Gasteiger partial charge in [0.25, 0.3) is 0 Å². The number of morpholine rings is 1. The van der Waals surface area contributed by atoms with Crippen LogP contribution in [0.5, 0.6) is 0 Å². The number of hydrogen-bond acceptors (Lipinski definition) is 4. The van der Waals surface area contributed by atoms with Crippen LogP contribution in [-0.2, 0) is 9.53 Å². The van der Waals surface area contributed by atoms with Crippen LogP contribution in [0, 0.1) is 0 Å². The molecule has 2 heterocycles. The van der Waals surface area contributed by atoms with Gasteiger partial charge in [-0.25, -0.2) is 0 Å². The van der Waals surface area contributed by atoms with E-state index in [2.05, 4.69) is 5.38 Å². The Morgan fingerprint density at radius 3 is 2.91 bits per heavy atom. The Labute approximate surface area is 134 Å². The molecule has 0 spiro atoms. The molecule has 1 saturated heterocycles. The molecule has 1 N–H and O–H groups in total. The van der Waals surface area contributed by atoms with Gasteiger partial charge in [0.2, 0.25) is 5.91 Å². The molecular formula is C17H19NO3S. The molecule has 1 amide bonds. The van der Waals surface area contributed by atoms with Crippen molar-refractivity contribution < 1.29 is 14.6 Å². The molecule has 1 fully saturated rings. The van der Waals surface area contributed by atoms with Crippen LogP contribution in [-0.4, -0.2) is 35.6 Å². The number of hydrogen-bond donors (Lipinski definition) is 1. The first kappa shape index (κ1) is 15.2. The van der Waals surface area contributed by atoms with Crippen LogP contribution in [0.1, 0.15) is 29.8 Å². The maximum Gasteiger partial charge on any atom is 0.225 e. The van der Waals surface area contributed by atoms with Gasteiger partial charge in [0, 0.05) is 6.54 Å². The Kier molecular flexibility index (Phi) is 4.87. The van der Waals surface area contributed by atoms with Crippen molar-refractivity contribution in [1.82, 2.24) is 4.90 Å². The van der Waals surface area contributed by atoms with E-state index in [4.69, 9.17) is 4.74 Å². The number of aliphatic hydroxyl groups excluding tert-OH is 1. The average Bonchev–Trinajstić information content (AvgIpc) is 3.10. The summed E-state index contributed by atoms with van der Waals surface area (Å²) in [5, 5.41) is 14.3. The van der Waals surface area contributed by atoms with E-state index in [9.17, 15) is 9.90 Å². The Hall–Kier alpha value is -1.69. The summed E-state index contributed by atoms with van der Waals surface area (Å²) in [4.78, 5) is 14.2. The highest BCUT2D eigenvalue weighted by Crippen LogP contribution is 2.25. The topological polar surface area (TPSA) is 49.8 Å². The molecule has 22 heavy (non-hydrogen) atoms. The lowest BCUT2D eigenvalue weighted by atomic mass is 10.1. The maximum absolute atomic E-state index is 12.4. The third-order valence-electron chi connectivity index (χ3n) is 3.89. The number of amides is 1. The van der Waals surface area contributed by atoms with Gasteiger partial charge in [-0.3, -0.25) is 4.79 Å². The highest BCUT2D eigenvalue weighted by Gasteiger charge is 2.27. The molecule has 1 aliphatic rings. The van der Waals surface area contributed by atoms with Gasteiger partial charge in [-0.05, 0) is 28.0 Å². The fourth-order valence-corrected chi connectivity index (χ4v) is 3.32. The maximum atomic E-state index is 12.4. The van der Waals surface area contributed by atoms with E-state index < -0.39 is 6.10 Å². The molecule has 4 nitrogen and oxygen atoms in total. The Morgan fingerprint density at radius 1 is 1.36 bits per heavy atom. The molecule has 2 unspecified atom stereocenters. The number of thiophene rings is 1. The van der Waals surface area contributed by atoms with Crippen LogP contribution in [0.15, 0.2) is 47.2 Å². The second-order valence-electron chi connectivity index (χ2n) is 5.39. The van der Waals surface area contributed by atoms with Crippen LogP contribution in [0.3, 0.4) is 0 Å². The number of ether oxygens (including phenoxy) is 1. The number of carbonyl (C=O) groups is 1. The lowest BCUT2D eigenvalue weighted by Crippen LogP contribution is -2.42. The molecule has 2 atom stereocenters. The van der Waals surface area contributed by atoms with Crippen molar-refractivity contribution in [2.45, 2.75) is 18.6 Å². The zero-order valence-corrected chi connectivity index (χ0v) is 13.0. The number of rotatable bonds is 4. The zero-order chi connectivity index (χ0) is 15.4. The summed E-state index contributed by atoms with van der Waals surface area (Å²) in [5.74, 6) is -0.0279. The molecule has 2 aromatic rings. The number of carbonyl (C=O) groups excluding carboxylic acids is 1. The summed E-state index contributed by atoms with van der Waals surface area (Å²) in [7, 11) is 0. The summed E-state index contributed by atoms with van der Waals surface area (Å²) in [6.07, 6.45) is -0.700. The van der Waals surface area contributed by atoms with Crippen LogP contribution in [0.2, 0.25) is 0 Å². The van der Waals surface area contributed by atoms with Gasteiger partial charge in [0.15, 0.2) is 0 Å². The fraction of sp³-hybridized carbons (Fsp3) is 0.353. The molecule has 0 saturated carbocycles. The van der Waals surface area contributed by atoms with E-state index in [-0.39, 0.29) is 18.4 Å². The van der Waals surface area contributed by atoms with Crippen LogP contribution < -0.4 is 0 Å². The Balaban J connectivity index is 1.60. The predicted molar refractivity (Wildman–Crippen MR) is 85.6 cm³/mol. The largest absolute Gasteiger partial charge is 0.388 e. The zero-order valence-electron chi connectivity index (χ0n) is 12.2. The summed E-state index contributed by atoms with van der Waals surface area (Å²) < 4.78 is 5.74. The minimum Gasteiger partial charge on any atom is -0.388 e. The molecule has 0 radical (unpaired) electrons. The predicted octanol–water partition coefficient (Wildman–Crippen LogP) is 2.77. The van der Waals surface area contributed by atoms with E-state index >= 15 is 0 Å². The van der Waals surface area contributed by atoms with Gasteiger partial charge >= 0.3 is 0 Å². The van der Waals surface area contributed by atoms with Crippen molar-refractivity contribution in [2.24, 2.45) is 0 Å². The van der Waals surface area contributed by atoms with Crippen LogP contribution >= 0.6 is 11.3 Å². The molecule has 3 rings (SSSR count). The third-order valence-corrected chi connectivity index (χ3v) is 4.59. The normalized spacial score (nSPS) is 19.9. The van der Waals surface area contributed by atoms with Gasteiger partial charge in [-0.15, -0.1) is 0 Å². The summed E-state index contributed by atoms with van der Waals surface area (Å²) in [5.41, 5.74) is 1.89. The number of aliphatic hydroxyl groups is 1. The highest BCUT2D eigenvalue weighted by molar-refractivity contribution is 7.07. The lowest BCUT2D eigenvalue weighted by Gasteiger charge is -2.33. The van der Waals surface area contributed by atoms with Gasteiger partial charge in [-0.1, -0.05) is 30.3 Å². The average molecular weight is 317 g/mol. The fourth-order valence-electron chi connectivity index (χ4n) is 2.62. The third kappa shape index (κ3) is 3.55. The molecule has 1 aromatic carbocycles. The molecule has 5 heteroatoms. The van der Waals surface area contributed by atoms with Crippen molar-refractivity contribution in [3.63, 3.8) is 0 Å². The van der Waals surface area contributed by atoms with E-state index in [1.54, 1.807) is 16.2 Å². The number of nitrogens with zero attached hydrogens (tertiary/aromatic N) is 1. The van der Waals surface area contributed by atoms with Crippen molar-refractivity contribution >= 4 is 17.2 Å². The molecule has 0 aliphatic carbocycles. The molecule has 116 valence electrons. The summed E-state index contributed by atoms with van der Waals surface area (Å²) in [6.45, 7) is 1.67. The van der Waals surface area contributed by atoms with E-state index in [1.807, 2.05) is 41.8 Å². The van der Waals surface area contributed by atoms with Crippen molar-refractivity contribution in [2.75, 3.05) is 19.7 Å². The van der Waals surface area contributed by atoms with E-state index in [1.165, 1.54) is 0 Å². The van der Waals surface area contributed by atoms with Crippen molar-refractivity contribution in [1.29, 1.82) is 0 Å². The standard InChI is InChI=1S/C17H19NO3S/c19-15(13-4-2-1-3-5-13)10-17(20)18-7-8-21-16(11-18)14-6-9-22-12-14/h1-6,9,12,15-16,19H,7-8,10-11H2. The summed E-state index contributed by atoms with van der Waals surface area (Å²) >= 11 is 1.63. The lowest BCUT2D eigenvalue weighted by molar-refractivity contribution is -0.141. The first-order chi connectivity index (χ1) is 10.7. The molecule has 1 aromatic heterocycles. The SMILES string of the molecule is O=C(CC(O)c1ccccc1)N1CCOC(c2ccsc2)C1. The van der Waals surface area contributed by atoms with E-state index in [0.717, 1.165) is 11.1 Å². The highest BCUT2D eigenvalue weighted by atomic mass is 32.1.